The Kier molecular flexibility index (Phi) is 6.69. The summed E-state index contributed by atoms with van der Waals surface area (Å²) >= 11 is 4.98. The standard InChI is InChI=1S/C23H18BrNO5S/c1-27-19-14-15(13-18-23(26)30-22(25-18)20-8-5-11-31-20)12-17(24)21(19)29-10-9-28-16-6-3-2-4-7-16/h2-8,11-14H,9-10H2,1H3/b18-13+. The first kappa shape index (κ1) is 21.1. The van der Waals surface area contributed by atoms with E-state index in [1.165, 1.54) is 11.3 Å². The Labute approximate surface area is 191 Å². The fraction of sp³-hybridized carbons (Fsp3) is 0.130. The maximum atomic E-state index is 12.2. The van der Waals surface area contributed by atoms with Gasteiger partial charge in [0, 0.05) is 0 Å². The number of cyclic esters (lactones) is 1. The van der Waals surface area contributed by atoms with Gasteiger partial charge in [-0.1, -0.05) is 24.3 Å². The Morgan fingerprint density at radius 2 is 1.90 bits per heavy atom. The molecule has 8 heteroatoms. The molecule has 0 bridgehead atoms. The summed E-state index contributed by atoms with van der Waals surface area (Å²) in [5.41, 5.74) is 0.946. The maximum Gasteiger partial charge on any atom is 0.363 e. The van der Waals surface area contributed by atoms with Gasteiger partial charge >= 0.3 is 5.97 Å². The van der Waals surface area contributed by atoms with Crippen LogP contribution in [0.1, 0.15) is 10.4 Å². The Morgan fingerprint density at radius 1 is 1.10 bits per heavy atom. The van der Waals surface area contributed by atoms with E-state index in [1.807, 2.05) is 53.9 Å². The highest BCUT2D eigenvalue weighted by atomic mass is 79.9. The summed E-state index contributed by atoms with van der Waals surface area (Å²) < 4.78 is 22.9. The zero-order valence-electron chi connectivity index (χ0n) is 16.5. The topological polar surface area (TPSA) is 66.4 Å². The van der Waals surface area contributed by atoms with Gasteiger partial charge in [0.05, 0.1) is 16.5 Å². The molecule has 0 atom stereocenters. The van der Waals surface area contributed by atoms with Crippen molar-refractivity contribution >= 4 is 45.2 Å². The van der Waals surface area contributed by atoms with E-state index in [1.54, 1.807) is 19.3 Å². The van der Waals surface area contributed by atoms with E-state index in [9.17, 15) is 4.79 Å². The molecule has 2 heterocycles. The molecule has 0 aliphatic carbocycles. The molecule has 0 fully saturated rings. The van der Waals surface area contributed by atoms with E-state index in [0.29, 0.717) is 35.1 Å². The number of hydrogen-bond acceptors (Lipinski definition) is 7. The van der Waals surface area contributed by atoms with Crippen LogP contribution in [0.15, 0.2) is 75.1 Å². The molecular formula is C23H18BrNO5S. The van der Waals surface area contributed by atoms with Crippen molar-refractivity contribution in [1.29, 1.82) is 0 Å². The normalized spacial score (nSPS) is 14.3. The highest BCUT2D eigenvalue weighted by Crippen LogP contribution is 2.37. The predicted octanol–water partition coefficient (Wildman–Crippen LogP) is 5.32. The van der Waals surface area contributed by atoms with E-state index >= 15 is 0 Å². The molecule has 0 amide bonds. The number of para-hydroxylation sites is 1. The first-order valence-corrected chi connectivity index (χ1v) is 11.1. The van der Waals surface area contributed by atoms with Crippen LogP contribution in [0.5, 0.6) is 17.2 Å². The second kappa shape index (κ2) is 9.80. The van der Waals surface area contributed by atoms with Crippen molar-refractivity contribution in [3.63, 3.8) is 0 Å². The second-order valence-corrected chi connectivity index (χ2v) is 8.16. The largest absolute Gasteiger partial charge is 0.493 e. The number of aliphatic imine (C=N–C) groups is 1. The first-order valence-electron chi connectivity index (χ1n) is 9.38. The van der Waals surface area contributed by atoms with Crippen LogP contribution < -0.4 is 14.2 Å². The number of methoxy groups -OCH3 is 1. The van der Waals surface area contributed by atoms with Gasteiger partial charge in [-0.05, 0) is 63.3 Å². The third-order valence-electron chi connectivity index (χ3n) is 4.25. The average Bonchev–Trinajstić information content (AvgIpc) is 3.43. The summed E-state index contributed by atoms with van der Waals surface area (Å²) in [6.07, 6.45) is 1.65. The summed E-state index contributed by atoms with van der Waals surface area (Å²) in [4.78, 5) is 17.3. The molecule has 4 rings (SSSR count). The number of halogens is 1. The van der Waals surface area contributed by atoms with Crippen LogP contribution >= 0.6 is 27.3 Å². The minimum atomic E-state index is -0.489. The van der Waals surface area contributed by atoms with E-state index in [0.717, 1.165) is 16.2 Å². The fourth-order valence-corrected chi connectivity index (χ4v) is 4.08. The van der Waals surface area contributed by atoms with E-state index in [-0.39, 0.29) is 5.70 Å². The highest BCUT2D eigenvalue weighted by Gasteiger charge is 2.25. The number of nitrogens with zero attached hydrogens (tertiary/aromatic N) is 1. The number of benzene rings is 2. The molecule has 158 valence electrons. The molecule has 1 aliphatic rings. The Bertz CT molecular complexity index is 1130. The highest BCUT2D eigenvalue weighted by molar-refractivity contribution is 9.10. The second-order valence-electron chi connectivity index (χ2n) is 6.36. The number of rotatable bonds is 8. The van der Waals surface area contributed by atoms with Crippen molar-refractivity contribution in [2.75, 3.05) is 20.3 Å². The lowest BCUT2D eigenvalue weighted by Crippen LogP contribution is -2.10. The van der Waals surface area contributed by atoms with Gasteiger partial charge in [-0.2, -0.15) is 0 Å². The monoisotopic (exact) mass is 499 g/mol. The van der Waals surface area contributed by atoms with Gasteiger partial charge < -0.3 is 18.9 Å². The number of hydrogen-bond donors (Lipinski definition) is 0. The first-order chi connectivity index (χ1) is 15.1. The van der Waals surface area contributed by atoms with Crippen molar-refractivity contribution in [2.45, 2.75) is 0 Å². The quantitative estimate of drug-likeness (QED) is 0.238. The zero-order chi connectivity index (χ0) is 21.6. The van der Waals surface area contributed by atoms with Gasteiger partial charge in [0.2, 0.25) is 5.90 Å². The number of esters is 1. The molecule has 1 aliphatic heterocycles. The van der Waals surface area contributed by atoms with Crippen LogP contribution in [-0.2, 0) is 9.53 Å². The lowest BCUT2D eigenvalue weighted by molar-refractivity contribution is -0.129. The number of thiophene rings is 1. The van der Waals surface area contributed by atoms with E-state index in [4.69, 9.17) is 18.9 Å². The predicted molar refractivity (Wildman–Crippen MR) is 123 cm³/mol. The maximum absolute atomic E-state index is 12.2. The Morgan fingerprint density at radius 3 is 2.65 bits per heavy atom. The molecule has 0 N–H and O–H groups in total. The van der Waals surface area contributed by atoms with Gasteiger partial charge in [-0.25, -0.2) is 9.79 Å². The van der Waals surface area contributed by atoms with Gasteiger partial charge in [0.25, 0.3) is 0 Å². The Hall–Kier alpha value is -3.10. The van der Waals surface area contributed by atoms with E-state index < -0.39 is 5.97 Å². The summed E-state index contributed by atoms with van der Waals surface area (Å²) in [7, 11) is 1.56. The third-order valence-corrected chi connectivity index (χ3v) is 5.70. The minimum absolute atomic E-state index is 0.224. The van der Waals surface area contributed by atoms with Crippen LogP contribution in [0.25, 0.3) is 6.08 Å². The molecule has 0 radical (unpaired) electrons. The van der Waals surface area contributed by atoms with Crippen LogP contribution in [0, 0.1) is 0 Å². The minimum Gasteiger partial charge on any atom is -0.493 e. The average molecular weight is 500 g/mol. The molecule has 6 nitrogen and oxygen atoms in total. The smallest absolute Gasteiger partial charge is 0.363 e. The molecular weight excluding hydrogens is 482 g/mol. The Balaban J connectivity index is 1.47. The van der Waals surface area contributed by atoms with Gasteiger partial charge in [0.15, 0.2) is 17.2 Å². The SMILES string of the molecule is COc1cc(/C=C2/N=C(c3cccs3)OC2=O)cc(Br)c1OCCOc1ccccc1. The van der Waals surface area contributed by atoms with Crippen molar-refractivity contribution < 1.29 is 23.7 Å². The molecule has 0 saturated heterocycles. The molecule has 2 aromatic carbocycles. The van der Waals surface area contributed by atoms with Gasteiger partial charge in [-0.15, -0.1) is 11.3 Å². The molecule has 0 spiro atoms. The van der Waals surface area contributed by atoms with Crippen molar-refractivity contribution in [2.24, 2.45) is 4.99 Å². The summed E-state index contributed by atoms with van der Waals surface area (Å²) in [5, 5.41) is 1.90. The van der Waals surface area contributed by atoms with Gasteiger partial charge in [-0.3, -0.25) is 0 Å². The summed E-state index contributed by atoms with van der Waals surface area (Å²) in [6, 6.07) is 16.9. The summed E-state index contributed by atoms with van der Waals surface area (Å²) in [5.74, 6) is 1.69. The van der Waals surface area contributed by atoms with E-state index in [2.05, 4.69) is 20.9 Å². The zero-order valence-corrected chi connectivity index (χ0v) is 18.9. The van der Waals surface area contributed by atoms with Gasteiger partial charge in [0.1, 0.15) is 19.0 Å². The molecule has 0 unspecified atom stereocenters. The number of carbonyl (C=O) groups excluding carboxylic acids is 1. The molecule has 1 aromatic heterocycles. The third kappa shape index (κ3) is 5.15. The van der Waals surface area contributed by atoms with Crippen molar-refractivity contribution in [3.05, 3.63) is 80.6 Å². The fourth-order valence-electron chi connectivity index (χ4n) is 2.86. The van der Waals surface area contributed by atoms with Crippen LogP contribution in [0.3, 0.4) is 0 Å². The van der Waals surface area contributed by atoms with Crippen LogP contribution in [0.2, 0.25) is 0 Å². The molecule has 31 heavy (non-hydrogen) atoms. The number of carbonyl (C=O) groups is 1. The lowest BCUT2D eigenvalue weighted by Gasteiger charge is -2.14. The van der Waals surface area contributed by atoms with Crippen molar-refractivity contribution in [1.82, 2.24) is 0 Å². The van der Waals surface area contributed by atoms with Crippen molar-refractivity contribution in [3.8, 4) is 17.2 Å². The van der Waals surface area contributed by atoms with Crippen LogP contribution in [0.4, 0.5) is 0 Å². The number of ether oxygens (including phenoxy) is 4. The summed E-state index contributed by atoms with van der Waals surface area (Å²) in [6.45, 7) is 0.725. The molecule has 0 saturated carbocycles. The molecule has 3 aromatic rings. The lowest BCUT2D eigenvalue weighted by atomic mass is 10.1. The van der Waals surface area contributed by atoms with Crippen LogP contribution in [-0.4, -0.2) is 32.2 Å².